The molecule has 9 nitrogen and oxygen atoms in total. The van der Waals surface area contributed by atoms with Gasteiger partial charge in [-0.05, 0) is 75.6 Å². The minimum absolute atomic E-state index is 0.300. The predicted octanol–water partition coefficient (Wildman–Crippen LogP) is 8.13. The Morgan fingerprint density at radius 2 is 1.37 bits per heavy atom. The Hall–Kier alpha value is -4.27. The maximum absolute atomic E-state index is 12.6. The van der Waals surface area contributed by atoms with Crippen LogP contribution in [0.3, 0.4) is 0 Å². The lowest BCUT2D eigenvalue weighted by Gasteiger charge is -2.19. The fourth-order valence-electron chi connectivity index (χ4n) is 4.70. The molecule has 2 heterocycles. The number of aryl methyl sites for hydroxylation is 2. The van der Waals surface area contributed by atoms with Crippen LogP contribution in [0.1, 0.15) is 81.0 Å². The van der Waals surface area contributed by atoms with Crippen LogP contribution in [0.15, 0.2) is 46.9 Å². The first-order valence-electron chi connectivity index (χ1n) is 15.2. The van der Waals surface area contributed by atoms with Crippen LogP contribution in [0.4, 0.5) is 0 Å². The summed E-state index contributed by atoms with van der Waals surface area (Å²) >= 11 is 0. The first-order valence-corrected chi connectivity index (χ1v) is 15.2. The number of nitrogens with zero attached hydrogens (tertiary/aromatic N) is 3. The third kappa shape index (κ3) is 7.39. The highest BCUT2D eigenvalue weighted by Gasteiger charge is 2.24. The van der Waals surface area contributed by atoms with Crippen LogP contribution in [0.25, 0.3) is 28.6 Å². The summed E-state index contributed by atoms with van der Waals surface area (Å²) in [6, 6.07) is 13.1. The number of ether oxygens (including phenoxy) is 4. The number of hydrogen-bond acceptors (Lipinski definition) is 8. The standard InChI is InChI=1S/C34H43N3O6/c1-7-10-19-40-29-18-17-27(30(41-20-11-8-2)31(29)42-21-12-9-3)33-36-35-32(43-33)25-15-16-26(34(38)39-6)28(22-25)37-23(4)13-14-24(37)5/h13-18,22H,7-12,19-21H2,1-6H3. The molecule has 4 rings (SSSR count). The molecule has 0 unspecified atom stereocenters. The van der Waals surface area contributed by atoms with Gasteiger partial charge in [-0.1, -0.05) is 40.0 Å². The number of rotatable bonds is 16. The zero-order valence-corrected chi connectivity index (χ0v) is 26.2. The smallest absolute Gasteiger partial charge is 0.339 e. The third-order valence-corrected chi connectivity index (χ3v) is 7.14. The van der Waals surface area contributed by atoms with Crippen LogP contribution in [-0.4, -0.2) is 47.7 Å². The van der Waals surface area contributed by atoms with Crippen molar-refractivity contribution in [2.45, 2.75) is 73.1 Å². The molecule has 0 N–H and O–H groups in total. The number of carbonyl (C=O) groups excluding carboxylic acids is 1. The van der Waals surface area contributed by atoms with E-state index in [1.165, 1.54) is 7.11 Å². The maximum Gasteiger partial charge on any atom is 0.339 e. The van der Waals surface area contributed by atoms with Gasteiger partial charge in [0.15, 0.2) is 11.5 Å². The van der Waals surface area contributed by atoms with Crippen LogP contribution < -0.4 is 14.2 Å². The van der Waals surface area contributed by atoms with E-state index in [4.69, 9.17) is 23.4 Å². The molecule has 0 fully saturated rings. The lowest BCUT2D eigenvalue weighted by atomic mass is 10.1. The van der Waals surface area contributed by atoms with Crippen molar-refractivity contribution < 1.29 is 28.2 Å². The summed E-state index contributed by atoms with van der Waals surface area (Å²) in [6.45, 7) is 12.0. The van der Waals surface area contributed by atoms with Crippen molar-refractivity contribution in [1.82, 2.24) is 14.8 Å². The van der Waals surface area contributed by atoms with E-state index in [0.717, 1.165) is 49.9 Å². The van der Waals surface area contributed by atoms with E-state index < -0.39 is 5.97 Å². The maximum atomic E-state index is 12.6. The van der Waals surface area contributed by atoms with E-state index in [2.05, 4.69) is 31.0 Å². The number of aromatic nitrogens is 3. The second-order valence-electron chi connectivity index (χ2n) is 10.5. The molecule has 43 heavy (non-hydrogen) atoms. The molecular weight excluding hydrogens is 546 g/mol. The highest BCUT2D eigenvalue weighted by Crippen LogP contribution is 2.45. The highest BCUT2D eigenvalue weighted by atomic mass is 16.5. The molecule has 0 aliphatic carbocycles. The molecule has 0 aliphatic rings. The summed E-state index contributed by atoms with van der Waals surface area (Å²) in [4.78, 5) is 12.6. The largest absolute Gasteiger partial charge is 0.490 e. The van der Waals surface area contributed by atoms with E-state index in [9.17, 15) is 4.79 Å². The molecule has 0 bridgehead atoms. The molecule has 0 atom stereocenters. The monoisotopic (exact) mass is 589 g/mol. The Bertz CT molecular complexity index is 1490. The van der Waals surface area contributed by atoms with Gasteiger partial charge in [0.25, 0.3) is 5.89 Å². The summed E-state index contributed by atoms with van der Waals surface area (Å²) in [5.41, 5.74) is 4.38. The van der Waals surface area contributed by atoms with Crippen molar-refractivity contribution in [3.63, 3.8) is 0 Å². The topological polar surface area (TPSA) is 97.8 Å². The van der Waals surface area contributed by atoms with Gasteiger partial charge < -0.3 is 27.9 Å². The predicted molar refractivity (Wildman–Crippen MR) is 167 cm³/mol. The molecular formula is C34H43N3O6. The number of esters is 1. The van der Waals surface area contributed by atoms with Crippen molar-refractivity contribution in [3.8, 4) is 45.8 Å². The highest BCUT2D eigenvalue weighted by molar-refractivity contribution is 5.94. The Balaban J connectivity index is 1.78. The number of methoxy groups -OCH3 is 1. The third-order valence-electron chi connectivity index (χ3n) is 7.14. The van der Waals surface area contributed by atoms with E-state index >= 15 is 0 Å². The molecule has 230 valence electrons. The Morgan fingerprint density at radius 3 is 2.00 bits per heavy atom. The van der Waals surface area contributed by atoms with Crippen LogP contribution >= 0.6 is 0 Å². The van der Waals surface area contributed by atoms with Crippen molar-refractivity contribution in [1.29, 1.82) is 0 Å². The molecule has 2 aromatic heterocycles. The summed E-state index contributed by atoms with van der Waals surface area (Å²) in [5, 5.41) is 8.78. The Kier molecular flexibility index (Phi) is 11.2. The van der Waals surface area contributed by atoms with E-state index in [1.54, 1.807) is 12.1 Å². The van der Waals surface area contributed by atoms with Gasteiger partial charge in [0.05, 0.1) is 43.7 Å². The summed E-state index contributed by atoms with van der Waals surface area (Å²) in [6.07, 6.45) is 5.75. The van der Waals surface area contributed by atoms with Gasteiger partial charge in [0.2, 0.25) is 11.6 Å². The van der Waals surface area contributed by atoms with Crippen LogP contribution in [0, 0.1) is 13.8 Å². The molecule has 9 heteroatoms. The molecule has 0 spiro atoms. The van der Waals surface area contributed by atoms with Crippen molar-refractivity contribution in [2.75, 3.05) is 26.9 Å². The van der Waals surface area contributed by atoms with E-state index in [0.29, 0.717) is 71.2 Å². The normalized spacial score (nSPS) is 11.0. The Morgan fingerprint density at radius 1 is 0.767 bits per heavy atom. The Labute approximate surface area is 254 Å². The van der Waals surface area contributed by atoms with E-state index in [1.807, 2.05) is 48.7 Å². The summed E-state index contributed by atoms with van der Waals surface area (Å²) in [7, 11) is 1.38. The van der Waals surface area contributed by atoms with Gasteiger partial charge in [0, 0.05) is 17.0 Å². The summed E-state index contributed by atoms with van der Waals surface area (Å²) in [5.74, 6) is 1.92. The second-order valence-corrected chi connectivity index (χ2v) is 10.5. The van der Waals surface area contributed by atoms with E-state index in [-0.39, 0.29) is 0 Å². The summed E-state index contributed by atoms with van der Waals surface area (Å²) < 4.78 is 32.0. The first kappa shape index (κ1) is 31.7. The first-order chi connectivity index (χ1) is 20.9. The fourth-order valence-corrected chi connectivity index (χ4v) is 4.70. The molecule has 0 aliphatic heterocycles. The average molecular weight is 590 g/mol. The lowest BCUT2D eigenvalue weighted by Crippen LogP contribution is -2.10. The van der Waals surface area contributed by atoms with Crippen LogP contribution in [0.2, 0.25) is 0 Å². The van der Waals surface area contributed by atoms with Crippen molar-refractivity contribution >= 4 is 5.97 Å². The average Bonchev–Trinajstić information content (AvgIpc) is 3.64. The van der Waals surface area contributed by atoms with Gasteiger partial charge in [0.1, 0.15) is 0 Å². The molecule has 4 aromatic rings. The lowest BCUT2D eigenvalue weighted by molar-refractivity contribution is 0.0600. The van der Waals surface area contributed by atoms with Crippen molar-refractivity contribution in [2.24, 2.45) is 0 Å². The zero-order chi connectivity index (χ0) is 30.8. The van der Waals surface area contributed by atoms with Crippen LogP contribution in [-0.2, 0) is 4.74 Å². The number of benzene rings is 2. The van der Waals surface area contributed by atoms with Crippen LogP contribution in [0.5, 0.6) is 17.2 Å². The second kappa shape index (κ2) is 15.3. The van der Waals surface area contributed by atoms with Gasteiger partial charge in [-0.3, -0.25) is 0 Å². The minimum Gasteiger partial charge on any atom is -0.490 e. The van der Waals surface area contributed by atoms with Gasteiger partial charge in [-0.2, -0.15) is 0 Å². The zero-order valence-electron chi connectivity index (χ0n) is 26.2. The molecule has 0 amide bonds. The minimum atomic E-state index is -0.425. The molecule has 2 aromatic carbocycles. The van der Waals surface area contributed by atoms with Crippen molar-refractivity contribution in [3.05, 3.63) is 59.4 Å². The number of unbranched alkanes of at least 4 members (excludes halogenated alkanes) is 3. The SMILES string of the molecule is CCCCOc1ccc(-c2nnc(-c3ccc(C(=O)OC)c(-n4c(C)ccc4C)c3)o2)c(OCCCC)c1OCCCC. The molecule has 0 saturated heterocycles. The van der Waals surface area contributed by atoms with Gasteiger partial charge in [-0.25, -0.2) is 4.79 Å². The number of carbonyl (C=O) groups is 1. The van der Waals surface area contributed by atoms with Gasteiger partial charge in [-0.15, -0.1) is 10.2 Å². The van der Waals surface area contributed by atoms with Gasteiger partial charge >= 0.3 is 5.97 Å². The quantitative estimate of drug-likeness (QED) is 0.0954. The molecule has 0 saturated carbocycles. The number of hydrogen-bond donors (Lipinski definition) is 0. The fraction of sp³-hybridized carbons (Fsp3) is 0.441. The molecule has 0 radical (unpaired) electrons.